The van der Waals surface area contributed by atoms with Crippen molar-refractivity contribution in [1.29, 1.82) is 0 Å². The first-order valence-electron chi connectivity index (χ1n) is 7.47. The minimum Gasteiger partial charge on any atom is -0.502 e. The third kappa shape index (κ3) is 5.03. The van der Waals surface area contributed by atoms with Crippen LogP contribution in [0.3, 0.4) is 0 Å². The third-order valence-corrected chi connectivity index (χ3v) is 3.91. The van der Waals surface area contributed by atoms with Crippen molar-refractivity contribution < 1.29 is 19.6 Å². The average molecular weight is 422 g/mol. The number of nitrogens with one attached hydrogen (secondary N) is 1. The van der Waals surface area contributed by atoms with Crippen molar-refractivity contribution in [3.05, 3.63) is 61.6 Å². The van der Waals surface area contributed by atoms with Crippen LogP contribution in [-0.4, -0.2) is 28.8 Å². The molecule has 0 aromatic heterocycles. The van der Waals surface area contributed by atoms with Crippen molar-refractivity contribution >= 4 is 33.7 Å². The maximum Gasteiger partial charge on any atom is 0.311 e. The van der Waals surface area contributed by atoms with Gasteiger partial charge in [0.25, 0.3) is 5.91 Å². The maximum atomic E-state index is 11.8. The van der Waals surface area contributed by atoms with E-state index in [1.54, 1.807) is 0 Å². The lowest BCUT2D eigenvalue weighted by atomic mass is 10.1. The zero-order chi connectivity index (χ0) is 19.3. The fourth-order valence-corrected chi connectivity index (χ4v) is 2.99. The highest BCUT2D eigenvalue weighted by atomic mass is 79.9. The normalized spacial score (nSPS) is 10.7. The van der Waals surface area contributed by atoms with Crippen LogP contribution in [0.5, 0.6) is 11.5 Å². The lowest BCUT2D eigenvalue weighted by molar-refractivity contribution is -0.385. The standard InChI is InChI=1S/C17H16BrN3O5/c1-10-5-11(2)17(13(18)6-10)26-9-16(23)20-19-8-12-3-4-15(22)14(7-12)21(24)25/h3-8,22H,9H2,1-2H3,(H,20,23). The van der Waals surface area contributed by atoms with Crippen molar-refractivity contribution in [2.75, 3.05) is 6.61 Å². The molecule has 2 aromatic carbocycles. The molecular formula is C17H16BrN3O5. The van der Waals surface area contributed by atoms with Gasteiger partial charge in [-0.1, -0.05) is 6.07 Å². The number of nitrogens with zero attached hydrogens (tertiary/aromatic N) is 2. The molecule has 1 amide bonds. The van der Waals surface area contributed by atoms with E-state index in [4.69, 9.17) is 4.74 Å². The van der Waals surface area contributed by atoms with Gasteiger partial charge in [0.2, 0.25) is 0 Å². The van der Waals surface area contributed by atoms with Gasteiger partial charge in [-0.15, -0.1) is 0 Å². The molecule has 136 valence electrons. The van der Waals surface area contributed by atoms with Crippen LogP contribution in [0.25, 0.3) is 0 Å². The summed E-state index contributed by atoms with van der Waals surface area (Å²) in [6, 6.07) is 7.58. The number of ether oxygens (including phenoxy) is 1. The van der Waals surface area contributed by atoms with E-state index in [2.05, 4.69) is 26.5 Å². The summed E-state index contributed by atoms with van der Waals surface area (Å²) in [4.78, 5) is 21.9. The molecule has 0 aliphatic rings. The van der Waals surface area contributed by atoms with Crippen LogP contribution in [-0.2, 0) is 4.79 Å². The molecule has 0 aliphatic heterocycles. The first kappa shape index (κ1) is 19.4. The van der Waals surface area contributed by atoms with E-state index in [0.29, 0.717) is 11.3 Å². The molecule has 0 heterocycles. The Hall–Kier alpha value is -2.94. The number of hydrogen-bond acceptors (Lipinski definition) is 6. The quantitative estimate of drug-likeness (QED) is 0.422. The van der Waals surface area contributed by atoms with Crippen molar-refractivity contribution in [3.63, 3.8) is 0 Å². The largest absolute Gasteiger partial charge is 0.502 e. The Labute approximate surface area is 157 Å². The molecule has 9 heteroatoms. The number of aromatic hydroxyl groups is 1. The predicted octanol–water partition coefficient (Wildman–Crippen LogP) is 3.21. The average Bonchev–Trinajstić information content (AvgIpc) is 2.55. The van der Waals surface area contributed by atoms with Gasteiger partial charge in [-0.25, -0.2) is 5.43 Å². The molecule has 0 atom stereocenters. The topological polar surface area (TPSA) is 114 Å². The van der Waals surface area contributed by atoms with Gasteiger partial charge in [0, 0.05) is 11.6 Å². The molecule has 0 unspecified atom stereocenters. The molecular weight excluding hydrogens is 406 g/mol. The number of amides is 1. The van der Waals surface area contributed by atoms with E-state index < -0.39 is 22.3 Å². The van der Waals surface area contributed by atoms with E-state index in [1.807, 2.05) is 26.0 Å². The molecule has 0 radical (unpaired) electrons. The van der Waals surface area contributed by atoms with Gasteiger partial charge in [-0.3, -0.25) is 14.9 Å². The van der Waals surface area contributed by atoms with E-state index >= 15 is 0 Å². The highest BCUT2D eigenvalue weighted by molar-refractivity contribution is 9.10. The van der Waals surface area contributed by atoms with E-state index in [0.717, 1.165) is 21.7 Å². The lowest BCUT2D eigenvalue weighted by Crippen LogP contribution is -2.24. The summed E-state index contributed by atoms with van der Waals surface area (Å²) in [5.74, 6) is -0.353. The molecule has 0 aliphatic carbocycles. The number of nitro benzene ring substituents is 1. The Kier molecular flexibility index (Phi) is 6.29. The Balaban J connectivity index is 1.94. The zero-order valence-electron chi connectivity index (χ0n) is 14.0. The molecule has 26 heavy (non-hydrogen) atoms. The van der Waals surface area contributed by atoms with Gasteiger partial charge in [-0.05, 0) is 59.1 Å². The monoisotopic (exact) mass is 421 g/mol. The number of carbonyl (C=O) groups is 1. The highest BCUT2D eigenvalue weighted by Gasteiger charge is 2.13. The molecule has 2 aromatic rings. The second-order valence-corrected chi connectivity index (χ2v) is 6.33. The molecule has 0 bridgehead atoms. The van der Waals surface area contributed by atoms with E-state index in [9.17, 15) is 20.0 Å². The Morgan fingerprint density at radius 3 is 2.77 bits per heavy atom. The SMILES string of the molecule is Cc1cc(C)c(OCC(=O)NN=Cc2ccc(O)c([N+](=O)[O-])c2)c(Br)c1. The summed E-state index contributed by atoms with van der Waals surface area (Å²) in [5.41, 5.74) is 4.15. The summed E-state index contributed by atoms with van der Waals surface area (Å²) in [7, 11) is 0. The van der Waals surface area contributed by atoms with Gasteiger partial charge in [0.05, 0.1) is 15.6 Å². The fourth-order valence-electron chi connectivity index (χ4n) is 2.20. The number of benzene rings is 2. The van der Waals surface area contributed by atoms with Crippen LogP contribution in [0.4, 0.5) is 5.69 Å². The van der Waals surface area contributed by atoms with E-state index in [-0.39, 0.29) is 6.61 Å². The second kappa shape index (κ2) is 8.43. The summed E-state index contributed by atoms with van der Waals surface area (Å²) in [6.07, 6.45) is 1.23. The van der Waals surface area contributed by atoms with Gasteiger partial charge >= 0.3 is 5.69 Å². The number of nitro groups is 1. The number of halogens is 1. The van der Waals surface area contributed by atoms with Crippen molar-refractivity contribution in [3.8, 4) is 11.5 Å². The van der Waals surface area contributed by atoms with Crippen molar-refractivity contribution in [2.24, 2.45) is 5.10 Å². The number of rotatable bonds is 6. The summed E-state index contributed by atoms with van der Waals surface area (Å²) in [6.45, 7) is 3.59. The van der Waals surface area contributed by atoms with Crippen LogP contribution in [0.1, 0.15) is 16.7 Å². The summed E-state index contributed by atoms with van der Waals surface area (Å²) < 4.78 is 6.25. The van der Waals surface area contributed by atoms with E-state index in [1.165, 1.54) is 18.3 Å². The number of hydrazone groups is 1. The van der Waals surface area contributed by atoms with Crippen LogP contribution < -0.4 is 10.2 Å². The lowest BCUT2D eigenvalue weighted by Gasteiger charge is -2.11. The second-order valence-electron chi connectivity index (χ2n) is 5.48. The number of phenols is 1. The van der Waals surface area contributed by atoms with Crippen molar-refractivity contribution in [1.82, 2.24) is 5.43 Å². The smallest absolute Gasteiger partial charge is 0.311 e. The van der Waals surface area contributed by atoms with Crippen molar-refractivity contribution in [2.45, 2.75) is 13.8 Å². The molecule has 0 spiro atoms. The zero-order valence-corrected chi connectivity index (χ0v) is 15.6. The molecule has 0 fully saturated rings. The Morgan fingerprint density at radius 1 is 1.38 bits per heavy atom. The fraction of sp³-hybridized carbons (Fsp3) is 0.176. The van der Waals surface area contributed by atoms with Crippen LogP contribution in [0.15, 0.2) is 39.9 Å². The summed E-state index contributed by atoms with van der Waals surface area (Å²) in [5, 5.41) is 23.9. The number of carbonyl (C=O) groups excluding carboxylic acids is 1. The van der Waals surface area contributed by atoms with Crippen LogP contribution in [0.2, 0.25) is 0 Å². The Morgan fingerprint density at radius 2 is 2.12 bits per heavy atom. The number of hydrogen-bond donors (Lipinski definition) is 2. The van der Waals surface area contributed by atoms with Gasteiger partial charge in [0.15, 0.2) is 12.4 Å². The maximum absolute atomic E-state index is 11.8. The first-order chi connectivity index (χ1) is 12.3. The molecule has 2 N–H and O–H groups in total. The number of phenolic OH excluding ortho intramolecular Hbond substituents is 1. The molecule has 8 nitrogen and oxygen atoms in total. The molecule has 2 rings (SSSR count). The minimum atomic E-state index is -0.707. The minimum absolute atomic E-state index is 0.241. The third-order valence-electron chi connectivity index (χ3n) is 3.32. The van der Waals surface area contributed by atoms with Gasteiger partial charge < -0.3 is 9.84 Å². The molecule has 0 saturated carbocycles. The number of aryl methyl sites for hydroxylation is 2. The van der Waals surface area contributed by atoms with Crippen LogP contribution in [0, 0.1) is 24.0 Å². The predicted molar refractivity (Wildman–Crippen MR) is 99.6 cm³/mol. The highest BCUT2D eigenvalue weighted by Crippen LogP contribution is 2.30. The Bertz CT molecular complexity index is 860. The summed E-state index contributed by atoms with van der Waals surface area (Å²) >= 11 is 3.39. The first-order valence-corrected chi connectivity index (χ1v) is 8.26. The van der Waals surface area contributed by atoms with Gasteiger partial charge in [-0.2, -0.15) is 5.10 Å². The molecule has 0 saturated heterocycles. The van der Waals surface area contributed by atoms with Crippen LogP contribution >= 0.6 is 15.9 Å². The van der Waals surface area contributed by atoms with Gasteiger partial charge in [0.1, 0.15) is 5.75 Å².